The molecule has 3 heteroatoms. The zero-order chi connectivity index (χ0) is 14.2. The van der Waals surface area contributed by atoms with Gasteiger partial charge in [0, 0.05) is 23.1 Å². The number of allylic oxidation sites excluding steroid dienone is 1. The molecule has 0 radical (unpaired) electrons. The first-order valence-electron chi connectivity index (χ1n) is 6.45. The molecule has 0 fully saturated rings. The molecule has 0 aliphatic carbocycles. The Kier molecular flexibility index (Phi) is 3.47. The van der Waals surface area contributed by atoms with Gasteiger partial charge >= 0.3 is 5.97 Å². The molecule has 0 unspecified atom stereocenters. The first-order chi connectivity index (χ1) is 8.95. The molecule has 0 saturated heterocycles. The normalized spacial score (nSPS) is 10.9. The molecule has 1 aromatic carbocycles. The first kappa shape index (κ1) is 13.4. The fraction of sp³-hybridized carbons (Fsp3) is 0.312. The lowest BCUT2D eigenvalue weighted by molar-refractivity contribution is 0.0697. The lowest BCUT2D eigenvalue weighted by Gasteiger charge is -2.09. The summed E-state index contributed by atoms with van der Waals surface area (Å²) in [6.45, 7) is 11.0. The summed E-state index contributed by atoms with van der Waals surface area (Å²) in [5.74, 6) is -0.885. The number of carbonyl (C=O) groups is 1. The van der Waals surface area contributed by atoms with Crippen LogP contribution in [0.25, 0.3) is 10.9 Å². The molecule has 1 aromatic heterocycles. The molecule has 0 spiro atoms. The van der Waals surface area contributed by atoms with E-state index in [0.717, 1.165) is 29.4 Å². The van der Waals surface area contributed by atoms with Gasteiger partial charge in [-0.25, -0.2) is 4.79 Å². The molecule has 0 amide bonds. The summed E-state index contributed by atoms with van der Waals surface area (Å²) >= 11 is 0. The van der Waals surface area contributed by atoms with Crippen molar-refractivity contribution in [3.8, 4) is 0 Å². The summed E-state index contributed by atoms with van der Waals surface area (Å²) in [4.78, 5) is 11.1. The van der Waals surface area contributed by atoms with E-state index in [1.54, 1.807) is 12.1 Å². The van der Waals surface area contributed by atoms with Gasteiger partial charge < -0.3 is 9.67 Å². The number of rotatable bonds is 4. The molecule has 3 nitrogen and oxygen atoms in total. The van der Waals surface area contributed by atoms with Crippen LogP contribution in [0.1, 0.15) is 35.0 Å². The molecular weight excluding hydrogens is 238 g/mol. The van der Waals surface area contributed by atoms with E-state index in [1.165, 1.54) is 11.3 Å². The molecule has 100 valence electrons. The lowest BCUT2D eigenvalue weighted by Crippen LogP contribution is -2.02. The van der Waals surface area contributed by atoms with Gasteiger partial charge in [0.15, 0.2) is 0 Å². The average Bonchev–Trinajstić information content (AvgIpc) is 2.63. The minimum atomic E-state index is -0.885. The topological polar surface area (TPSA) is 42.2 Å². The zero-order valence-corrected chi connectivity index (χ0v) is 11.7. The quantitative estimate of drug-likeness (QED) is 0.843. The molecule has 0 saturated carbocycles. The number of hydrogen-bond acceptors (Lipinski definition) is 1. The Bertz CT molecular complexity index is 665. The smallest absolute Gasteiger partial charge is 0.335 e. The van der Waals surface area contributed by atoms with E-state index in [2.05, 4.69) is 25.0 Å². The number of fused-ring (bicyclic) bond motifs is 1. The van der Waals surface area contributed by atoms with Crippen molar-refractivity contribution in [1.29, 1.82) is 0 Å². The second-order valence-corrected chi connectivity index (χ2v) is 4.94. The third-order valence-electron chi connectivity index (χ3n) is 3.77. The SMILES string of the molecule is C=C(CC)Cn1c(C)c(C)c2cc(C(=O)O)ccc21. The van der Waals surface area contributed by atoms with Crippen LogP contribution in [-0.4, -0.2) is 15.6 Å². The predicted octanol–water partition coefficient (Wildman–Crippen LogP) is 3.92. The monoisotopic (exact) mass is 257 g/mol. The summed E-state index contributed by atoms with van der Waals surface area (Å²) in [7, 11) is 0. The molecule has 0 aliphatic rings. The van der Waals surface area contributed by atoms with Crippen molar-refractivity contribution in [2.45, 2.75) is 33.7 Å². The fourth-order valence-electron chi connectivity index (χ4n) is 2.32. The minimum absolute atomic E-state index is 0.335. The van der Waals surface area contributed by atoms with Crippen molar-refractivity contribution in [2.75, 3.05) is 0 Å². The van der Waals surface area contributed by atoms with E-state index in [1.807, 2.05) is 13.0 Å². The highest BCUT2D eigenvalue weighted by Gasteiger charge is 2.13. The van der Waals surface area contributed by atoms with Gasteiger partial charge in [-0.1, -0.05) is 19.1 Å². The van der Waals surface area contributed by atoms with Crippen LogP contribution < -0.4 is 0 Å². The second-order valence-electron chi connectivity index (χ2n) is 4.94. The van der Waals surface area contributed by atoms with Gasteiger partial charge in [0.1, 0.15) is 0 Å². The van der Waals surface area contributed by atoms with E-state index in [0.29, 0.717) is 5.56 Å². The number of aromatic carboxylic acids is 1. The first-order valence-corrected chi connectivity index (χ1v) is 6.45. The van der Waals surface area contributed by atoms with Crippen LogP contribution in [0.3, 0.4) is 0 Å². The third kappa shape index (κ3) is 2.28. The van der Waals surface area contributed by atoms with Crippen molar-refractivity contribution in [3.05, 3.63) is 47.2 Å². The zero-order valence-electron chi connectivity index (χ0n) is 11.7. The van der Waals surface area contributed by atoms with Crippen molar-refractivity contribution in [3.63, 3.8) is 0 Å². The molecule has 0 atom stereocenters. The van der Waals surface area contributed by atoms with Crippen molar-refractivity contribution in [2.24, 2.45) is 0 Å². The summed E-state index contributed by atoms with van der Waals surface area (Å²) < 4.78 is 2.21. The Labute approximate surface area is 113 Å². The minimum Gasteiger partial charge on any atom is -0.478 e. The van der Waals surface area contributed by atoms with Gasteiger partial charge in [-0.3, -0.25) is 0 Å². The molecule has 2 aromatic rings. The van der Waals surface area contributed by atoms with Gasteiger partial charge in [0.25, 0.3) is 0 Å². The molecular formula is C16H19NO2. The van der Waals surface area contributed by atoms with Crippen LogP contribution in [0.15, 0.2) is 30.4 Å². The van der Waals surface area contributed by atoms with E-state index < -0.39 is 5.97 Å². The Morgan fingerprint density at radius 2 is 2.05 bits per heavy atom. The van der Waals surface area contributed by atoms with E-state index in [9.17, 15) is 4.79 Å². The maximum atomic E-state index is 11.1. The number of carboxylic acid groups (broad SMARTS) is 1. The van der Waals surface area contributed by atoms with Crippen LogP contribution in [-0.2, 0) is 6.54 Å². The van der Waals surface area contributed by atoms with Gasteiger partial charge in [0.05, 0.1) is 5.56 Å². The van der Waals surface area contributed by atoms with Gasteiger partial charge in [-0.05, 0) is 44.0 Å². The summed E-state index contributed by atoms with van der Waals surface area (Å²) in [6, 6.07) is 5.31. The predicted molar refractivity (Wildman–Crippen MR) is 77.8 cm³/mol. The maximum Gasteiger partial charge on any atom is 0.335 e. The van der Waals surface area contributed by atoms with Gasteiger partial charge in [-0.15, -0.1) is 0 Å². The highest BCUT2D eigenvalue weighted by molar-refractivity contribution is 5.95. The molecule has 1 N–H and O–H groups in total. The van der Waals surface area contributed by atoms with Crippen LogP contribution in [0, 0.1) is 13.8 Å². The highest BCUT2D eigenvalue weighted by atomic mass is 16.4. The maximum absolute atomic E-state index is 11.1. The molecule has 19 heavy (non-hydrogen) atoms. The van der Waals surface area contributed by atoms with Gasteiger partial charge in [0.2, 0.25) is 0 Å². The van der Waals surface area contributed by atoms with Crippen LogP contribution in [0.5, 0.6) is 0 Å². The number of carboxylic acids is 1. The number of benzene rings is 1. The number of aryl methyl sites for hydroxylation is 1. The van der Waals surface area contributed by atoms with Crippen molar-refractivity contribution >= 4 is 16.9 Å². The van der Waals surface area contributed by atoms with E-state index in [4.69, 9.17) is 5.11 Å². The number of aromatic nitrogens is 1. The highest BCUT2D eigenvalue weighted by Crippen LogP contribution is 2.27. The molecule has 2 rings (SSSR count). The molecule has 0 aliphatic heterocycles. The summed E-state index contributed by atoms with van der Waals surface area (Å²) in [6.07, 6.45) is 0.950. The second kappa shape index (κ2) is 4.92. The van der Waals surface area contributed by atoms with Crippen molar-refractivity contribution in [1.82, 2.24) is 4.57 Å². The van der Waals surface area contributed by atoms with Crippen LogP contribution in [0.2, 0.25) is 0 Å². The third-order valence-corrected chi connectivity index (χ3v) is 3.77. The Hall–Kier alpha value is -2.03. The fourth-order valence-corrected chi connectivity index (χ4v) is 2.32. The molecule has 0 bridgehead atoms. The summed E-state index contributed by atoms with van der Waals surface area (Å²) in [5.41, 5.74) is 4.90. The van der Waals surface area contributed by atoms with Gasteiger partial charge in [-0.2, -0.15) is 0 Å². The van der Waals surface area contributed by atoms with Crippen LogP contribution in [0.4, 0.5) is 0 Å². The largest absolute Gasteiger partial charge is 0.478 e. The Morgan fingerprint density at radius 1 is 1.37 bits per heavy atom. The number of hydrogen-bond donors (Lipinski definition) is 1. The standard InChI is InChI=1S/C16H19NO2/c1-5-10(2)9-17-12(4)11(3)14-8-13(16(18)19)6-7-15(14)17/h6-8H,2,5,9H2,1,3-4H3,(H,18,19). The van der Waals surface area contributed by atoms with E-state index in [-0.39, 0.29) is 0 Å². The summed E-state index contributed by atoms with van der Waals surface area (Å²) in [5, 5.41) is 10.1. The van der Waals surface area contributed by atoms with Crippen molar-refractivity contribution < 1.29 is 9.90 Å². The molecule has 1 heterocycles. The Morgan fingerprint density at radius 3 is 2.63 bits per heavy atom. The average molecular weight is 257 g/mol. The Balaban J connectivity index is 2.63. The van der Waals surface area contributed by atoms with E-state index >= 15 is 0 Å². The lowest BCUT2D eigenvalue weighted by atomic mass is 10.1. The van der Waals surface area contributed by atoms with Crippen LogP contribution >= 0.6 is 0 Å². The number of nitrogens with zero attached hydrogens (tertiary/aromatic N) is 1.